The van der Waals surface area contributed by atoms with Gasteiger partial charge in [-0.2, -0.15) is 0 Å². The third-order valence-electron chi connectivity index (χ3n) is 3.82. The van der Waals surface area contributed by atoms with E-state index >= 15 is 0 Å². The number of morpholine rings is 1. The molecule has 2 aliphatic heterocycles. The number of nitrogens with zero attached hydrogens (tertiary/aromatic N) is 3. The number of hydrogen-bond donors (Lipinski definition) is 1. The van der Waals surface area contributed by atoms with Crippen LogP contribution in [0.5, 0.6) is 0 Å². The number of aromatic nitrogens is 2. The Morgan fingerprint density at radius 2 is 2.21 bits per heavy atom. The van der Waals surface area contributed by atoms with Crippen molar-refractivity contribution in [3.05, 3.63) is 16.9 Å². The summed E-state index contributed by atoms with van der Waals surface area (Å²) in [6.45, 7) is 3.88. The highest BCUT2D eigenvalue weighted by atomic mass is 79.9. The van der Waals surface area contributed by atoms with E-state index in [0.29, 0.717) is 12.0 Å². The second kappa shape index (κ2) is 6.15. The van der Waals surface area contributed by atoms with Crippen LogP contribution in [0.3, 0.4) is 0 Å². The molecule has 0 unspecified atom stereocenters. The fourth-order valence-electron chi connectivity index (χ4n) is 2.78. The predicted octanol–water partition coefficient (Wildman–Crippen LogP) is 1.90. The van der Waals surface area contributed by atoms with Gasteiger partial charge in [-0.25, -0.2) is 9.97 Å². The number of piperidine rings is 1. The van der Waals surface area contributed by atoms with Gasteiger partial charge in [0.2, 0.25) is 5.95 Å². The van der Waals surface area contributed by atoms with Gasteiger partial charge in [0.25, 0.3) is 0 Å². The van der Waals surface area contributed by atoms with Gasteiger partial charge in [0.15, 0.2) is 0 Å². The Kier molecular flexibility index (Phi) is 4.30. The van der Waals surface area contributed by atoms with E-state index in [-0.39, 0.29) is 6.10 Å². The van der Waals surface area contributed by atoms with Crippen molar-refractivity contribution in [3.8, 4) is 0 Å². The number of rotatable bonds is 3. The first-order valence-corrected chi connectivity index (χ1v) is 7.67. The lowest BCUT2D eigenvalue weighted by Gasteiger charge is -2.42. The summed E-state index contributed by atoms with van der Waals surface area (Å²) < 4.78 is 6.82. The quantitative estimate of drug-likeness (QED) is 0.919. The van der Waals surface area contributed by atoms with Gasteiger partial charge in [0.05, 0.1) is 17.2 Å². The number of ether oxygens (including phenoxy) is 1. The Hall–Kier alpha value is -0.720. The van der Waals surface area contributed by atoms with Crippen LogP contribution in [0.2, 0.25) is 0 Å². The molecule has 1 aromatic heterocycles. The minimum Gasteiger partial charge on any atom is -0.373 e. The lowest BCUT2D eigenvalue weighted by molar-refractivity contribution is -0.0689. The largest absolute Gasteiger partial charge is 0.373 e. The van der Waals surface area contributed by atoms with Crippen molar-refractivity contribution in [2.24, 2.45) is 0 Å². The minimum absolute atomic E-state index is 0.238. The Labute approximate surface area is 121 Å². The standard InChI is InChI=1S/C13H19BrN4O/c14-10-5-15-13(16-6-10)17-7-12-8-18-4-2-1-3-11(18)9-19-12/h5-6,11-12H,1-4,7-9H2,(H,15,16,17)/t11-,12+/m1/s1. The molecule has 6 heteroatoms. The van der Waals surface area contributed by atoms with Crippen molar-refractivity contribution >= 4 is 21.9 Å². The zero-order chi connectivity index (χ0) is 13.1. The predicted molar refractivity (Wildman–Crippen MR) is 77.2 cm³/mol. The molecule has 0 amide bonds. The van der Waals surface area contributed by atoms with E-state index in [0.717, 1.165) is 24.2 Å². The van der Waals surface area contributed by atoms with Gasteiger partial charge in [-0.1, -0.05) is 6.42 Å². The van der Waals surface area contributed by atoms with E-state index in [2.05, 4.69) is 36.1 Å². The number of fused-ring (bicyclic) bond motifs is 1. The lowest BCUT2D eigenvalue weighted by Crippen LogP contribution is -2.53. The molecule has 0 aromatic carbocycles. The van der Waals surface area contributed by atoms with Crippen LogP contribution in [0.1, 0.15) is 19.3 Å². The maximum Gasteiger partial charge on any atom is 0.222 e. The normalized spacial score (nSPS) is 27.8. The molecule has 0 bridgehead atoms. The van der Waals surface area contributed by atoms with Crippen molar-refractivity contribution in [2.45, 2.75) is 31.4 Å². The van der Waals surface area contributed by atoms with Crippen molar-refractivity contribution in [1.29, 1.82) is 0 Å². The Balaban J connectivity index is 1.49. The molecule has 104 valence electrons. The van der Waals surface area contributed by atoms with Crippen LogP contribution in [-0.2, 0) is 4.74 Å². The summed E-state index contributed by atoms with van der Waals surface area (Å²) in [6.07, 6.45) is 7.69. The van der Waals surface area contributed by atoms with E-state index < -0.39 is 0 Å². The smallest absolute Gasteiger partial charge is 0.222 e. The summed E-state index contributed by atoms with van der Waals surface area (Å²) >= 11 is 3.33. The van der Waals surface area contributed by atoms with Crippen LogP contribution in [0.15, 0.2) is 16.9 Å². The van der Waals surface area contributed by atoms with Crippen LogP contribution in [0.25, 0.3) is 0 Å². The molecule has 5 nitrogen and oxygen atoms in total. The molecule has 0 saturated carbocycles. The molecule has 2 aliphatic rings. The molecular formula is C13H19BrN4O. The van der Waals surface area contributed by atoms with Gasteiger partial charge in [-0.3, -0.25) is 4.90 Å². The van der Waals surface area contributed by atoms with Gasteiger partial charge >= 0.3 is 0 Å². The van der Waals surface area contributed by atoms with E-state index in [1.54, 1.807) is 12.4 Å². The monoisotopic (exact) mass is 326 g/mol. The fraction of sp³-hybridized carbons (Fsp3) is 0.692. The van der Waals surface area contributed by atoms with E-state index in [4.69, 9.17) is 4.74 Å². The molecule has 0 radical (unpaired) electrons. The summed E-state index contributed by atoms with van der Waals surface area (Å²) in [6, 6.07) is 0.647. The Morgan fingerprint density at radius 3 is 3.05 bits per heavy atom. The molecule has 2 fully saturated rings. The average molecular weight is 327 g/mol. The number of halogens is 1. The summed E-state index contributed by atoms with van der Waals surface area (Å²) in [5.41, 5.74) is 0. The number of anilines is 1. The van der Waals surface area contributed by atoms with Gasteiger partial charge in [0.1, 0.15) is 0 Å². The first kappa shape index (κ1) is 13.3. The Morgan fingerprint density at radius 1 is 1.37 bits per heavy atom. The fourth-order valence-corrected chi connectivity index (χ4v) is 2.99. The highest BCUT2D eigenvalue weighted by Crippen LogP contribution is 2.22. The molecule has 1 aromatic rings. The van der Waals surface area contributed by atoms with Crippen LogP contribution in [0.4, 0.5) is 5.95 Å². The van der Waals surface area contributed by atoms with Crippen molar-refractivity contribution < 1.29 is 4.74 Å². The maximum atomic E-state index is 5.92. The zero-order valence-electron chi connectivity index (χ0n) is 10.9. The summed E-state index contributed by atoms with van der Waals surface area (Å²) in [4.78, 5) is 11.0. The molecule has 2 atom stereocenters. The molecule has 2 saturated heterocycles. The molecule has 3 rings (SSSR count). The molecule has 3 heterocycles. The van der Waals surface area contributed by atoms with Crippen LogP contribution >= 0.6 is 15.9 Å². The van der Waals surface area contributed by atoms with E-state index in [1.165, 1.54) is 25.8 Å². The third-order valence-corrected chi connectivity index (χ3v) is 4.23. The first-order valence-electron chi connectivity index (χ1n) is 6.88. The second-order valence-corrected chi connectivity index (χ2v) is 6.12. The first-order chi connectivity index (χ1) is 9.31. The van der Waals surface area contributed by atoms with Crippen molar-refractivity contribution in [1.82, 2.24) is 14.9 Å². The van der Waals surface area contributed by atoms with E-state index in [9.17, 15) is 0 Å². The zero-order valence-corrected chi connectivity index (χ0v) is 12.5. The summed E-state index contributed by atoms with van der Waals surface area (Å²) in [5, 5.41) is 3.24. The minimum atomic E-state index is 0.238. The average Bonchev–Trinajstić information content (AvgIpc) is 2.46. The molecular weight excluding hydrogens is 308 g/mol. The summed E-state index contributed by atoms with van der Waals surface area (Å²) in [5.74, 6) is 0.660. The van der Waals surface area contributed by atoms with Crippen LogP contribution in [-0.4, -0.2) is 53.3 Å². The molecule has 0 aliphatic carbocycles. The molecule has 0 spiro atoms. The highest BCUT2D eigenvalue weighted by Gasteiger charge is 2.30. The van der Waals surface area contributed by atoms with Crippen molar-refractivity contribution in [3.63, 3.8) is 0 Å². The Bertz CT molecular complexity index is 414. The SMILES string of the molecule is Brc1cnc(NC[C@H]2CN3CCCC[C@@H]3CO2)nc1. The van der Waals surface area contributed by atoms with Crippen LogP contribution < -0.4 is 5.32 Å². The summed E-state index contributed by atoms with van der Waals surface area (Å²) in [7, 11) is 0. The highest BCUT2D eigenvalue weighted by molar-refractivity contribution is 9.10. The number of nitrogens with one attached hydrogen (secondary N) is 1. The third kappa shape index (κ3) is 3.43. The van der Waals surface area contributed by atoms with Gasteiger partial charge < -0.3 is 10.1 Å². The topological polar surface area (TPSA) is 50.3 Å². The van der Waals surface area contributed by atoms with Gasteiger partial charge in [0, 0.05) is 31.5 Å². The molecule has 19 heavy (non-hydrogen) atoms. The lowest BCUT2D eigenvalue weighted by atomic mass is 10.0. The van der Waals surface area contributed by atoms with Crippen LogP contribution in [0, 0.1) is 0 Å². The van der Waals surface area contributed by atoms with Gasteiger partial charge in [-0.15, -0.1) is 0 Å². The van der Waals surface area contributed by atoms with Crippen molar-refractivity contribution in [2.75, 3.05) is 31.6 Å². The molecule has 1 N–H and O–H groups in total. The van der Waals surface area contributed by atoms with E-state index in [1.807, 2.05) is 0 Å². The second-order valence-electron chi connectivity index (χ2n) is 5.21. The maximum absolute atomic E-state index is 5.92. The van der Waals surface area contributed by atoms with Gasteiger partial charge in [-0.05, 0) is 35.3 Å². The number of hydrogen-bond acceptors (Lipinski definition) is 5.